The number of halogens is 6. The summed E-state index contributed by atoms with van der Waals surface area (Å²) in [5.41, 5.74) is 0.0198. The van der Waals surface area contributed by atoms with E-state index in [-0.39, 0.29) is 23.4 Å². The van der Waals surface area contributed by atoms with Crippen LogP contribution in [0.5, 0.6) is 0 Å². The van der Waals surface area contributed by atoms with E-state index in [1.165, 1.54) is 18.2 Å². The molecule has 0 bridgehead atoms. The Balaban J connectivity index is 1.77. The van der Waals surface area contributed by atoms with Crippen LogP contribution in [0.4, 0.5) is 26.3 Å². The van der Waals surface area contributed by atoms with Crippen LogP contribution in [-0.2, 0) is 12.7 Å². The minimum Gasteiger partial charge on any atom is -0.313 e. The van der Waals surface area contributed by atoms with Gasteiger partial charge >= 0.3 is 6.18 Å². The van der Waals surface area contributed by atoms with Crippen molar-refractivity contribution in [3.05, 3.63) is 82.3 Å². The van der Waals surface area contributed by atoms with Crippen molar-refractivity contribution in [2.75, 3.05) is 6.54 Å². The predicted octanol–water partition coefficient (Wildman–Crippen LogP) is 5.20. The Labute approximate surface area is 167 Å². The van der Waals surface area contributed by atoms with Gasteiger partial charge in [-0.05, 0) is 54.4 Å². The second-order valence-electron chi connectivity index (χ2n) is 7.02. The van der Waals surface area contributed by atoms with Gasteiger partial charge in [0, 0.05) is 29.7 Å². The van der Waals surface area contributed by atoms with E-state index in [1.807, 2.05) is 0 Å². The topological polar surface area (TPSA) is 37.8 Å². The molecule has 3 nitrogen and oxygen atoms in total. The third kappa shape index (κ3) is 3.89. The van der Waals surface area contributed by atoms with Crippen molar-refractivity contribution >= 4 is 0 Å². The third-order valence-electron chi connectivity index (χ3n) is 5.08. The van der Waals surface area contributed by atoms with Crippen molar-refractivity contribution in [2.24, 2.45) is 0 Å². The highest BCUT2D eigenvalue weighted by atomic mass is 19.4. The van der Waals surface area contributed by atoms with Gasteiger partial charge in [-0.1, -0.05) is 6.07 Å². The summed E-state index contributed by atoms with van der Waals surface area (Å²) in [6.07, 6.45) is -4.15. The van der Waals surface area contributed by atoms with Crippen LogP contribution in [-0.4, -0.2) is 16.7 Å². The summed E-state index contributed by atoms with van der Waals surface area (Å²) in [6, 6.07) is 8.03. The second kappa shape index (κ2) is 7.71. The van der Waals surface area contributed by atoms with Gasteiger partial charge in [-0.15, -0.1) is 10.2 Å². The summed E-state index contributed by atoms with van der Waals surface area (Å²) >= 11 is 0. The first-order valence-electron chi connectivity index (χ1n) is 9.13. The summed E-state index contributed by atoms with van der Waals surface area (Å²) < 4.78 is 80.8. The monoisotopic (exact) mass is 423 g/mol. The second-order valence-corrected chi connectivity index (χ2v) is 7.02. The molecule has 0 spiro atoms. The van der Waals surface area contributed by atoms with E-state index in [0.717, 1.165) is 18.2 Å². The average Bonchev–Trinajstić information content (AvgIpc) is 2.90. The Morgan fingerprint density at radius 1 is 0.900 bits per heavy atom. The Bertz CT molecular complexity index is 1060. The van der Waals surface area contributed by atoms with Gasteiger partial charge < -0.3 is 5.32 Å². The molecule has 0 saturated carbocycles. The van der Waals surface area contributed by atoms with Crippen LogP contribution < -0.4 is 5.32 Å². The normalized spacial score (nSPS) is 16.8. The molecule has 1 N–H and O–H groups in total. The molecular formula is C21H15F6N3. The van der Waals surface area contributed by atoms with Gasteiger partial charge in [0.05, 0.1) is 5.69 Å². The maximum Gasteiger partial charge on any atom is 0.435 e. The minimum absolute atomic E-state index is 0.00264. The van der Waals surface area contributed by atoms with Gasteiger partial charge in [0.25, 0.3) is 0 Å². The summed E-state index contributed by atoms with van der Waals surface area (Å²) in [5.74, 6) is -2.54. The molecule has 0 saturated heterocycles. The standard InChI is InChI=1S/C21H15F6N3/c22-12-7-11(8-13(23)9-12)14-5-6-28-10-17-15(14)1-2-16(20(17)24)18-3-4-19(30-29-18)21(25,26)27/h1-4,7-9,14,28H,5-6,10H2. The number of benzene rings is 2. The highest BCUT2D eigenvalue weighted by Crippen LogP contribution is 2.37. The molecule has 1 aliphatic heterocycles. The Hall–Kier alpha value is -2.94. The summed E-state index contributed by atoms with van der Waals surface area (Å²) in [4.78, 5) is 0. The lowest BCUT2D eigenvalue weighted by Gasteiger charge is -2.19. The number of rotatable bonds is 2. The van der Waals surface area contributed by atoms with Crippen molar-refractivity contribution in [1.29, 1.82) is 0 Å². The van der Waals surface area contributed by atoms with Crippen molar-refractivity contribution < 1.29 is 26.3 Å². The van der Waals surface area contributed by atoms with Gasteiger partial charge in [0.2, 0.25) is 0 Å². The zero-order chi connectivity index (χ0) is 21.5. The van der Waals surface area contributed by atoms with E-state index in [1.54, 1.807) is 6.07 Å². The molecule has 9 heteroatoms. The summed E-state index contributed by atoms with van der Waals surface area (Å²) in [5, 5.41) is 9.73. The van der Waals surface area contributed by atoms with Crippen LogP contribution in [0.15, 0.2) is 42.5 Å². The first-order valence-corrected chi connectivity index (χ1v) is 9.13. The first kappa shape index (κ1) is 20.3. The van der Waals surface area contributed by atoms with E-state index < -0.39 is 35.2 Å². The zero-order valence-corrected chi connectivity index (χ0v) is 15.4. The SMILES string of the molecule is Fc1cc(F)cc(C2CCNCc3c2ccc(-c2ccc(C(F)(F)F)nn2)c3F)c1. The third-order valence-corrected chi connectivity index (χ3v) is 5.08. The fourth-order valence-electron chi connectivity index (χ4n) is 3.71. The molecule has 156 valence electrons. The number of aromatic nitrogens is 2. The Morgan fingerprint density at radius 3 is 2.27 bits per heavy atom. The molecule has 2 heterocycles. The van der Waals surface area contributed by atoms with E-state index in [0.29, 0.717) is 24.1 Å². The molecule has 1 aliphatic rings. The van der Waals surface area contributed by atoms with E-state index in [2.05, 4.69) is 15.5 Å². The molecule has 0 aliphatic carbocycles. The van der Waals surface area contributed by atoms with Crippen LogP contribution in [0.1, 0.15) is 34.7 Å². The highest BCUT2D eigenvalue weighted by molar-refractivity contribution is 5.62. The first-order chi connectivity index (χ1) is 14.2. The molecule has 1 aromatic heterocycles. The summed E-state index contributed by atoms with van der Waals surface area (Å²) in [7, 11) is 0. The van der Waals surface area contributed by atoms with Gasteiger partial charge in [-0.25, -0.2) is 13.2 Å². The summed E-state index contributed by atoms with van der Waals surface area (Å²) in [6.45, 7) is 0.656. The molecule has 4 rings (SSSR count). The van der Waals surface area contributed by atoms with Gasteiger partial charge in [0.15, 0.2) is 5.69 Å². The number of alkyl halides is 3. The Kier molecular flexibility index (Phi) is 5.23. The molecule has 1 atom stereocenters. The van der Waals surface area contributed by atoms with Crippen molar-refractivity contribution in [3.8, 4) is 11.3 Å². The van der Waals surface area contributed by atoms with E-state index >= 15 is 4.39 Å². The van der Waals surface area contributed by atoms with E-state index in [9.17, 15) is 22.0 Å². The fraction of sp³-hybridized carbons (Fsp3) is 0.238. The van der Waals surface area contributed by atoms with Gasteiger partial charge in [-0.2, -0.15) is 13.2 Å². The maximum absolute atomic E-state index is 15.3. The minimum atomic E-state index is -4.64. The number of nitrogens with one attached hydrogen (secondary N) is 1. The molecule has 30 heavy (non-hydrogen) atoms. The van der Waals surface area contributed by atoms with Crippen LogP contribution >= 0.6 is 0 Å². The van der Waals surface area contributed by atoms with Crippen LogP contribution in [0, 0.1) is 17.5 Å². The number of hydrogen-bond donors (Lipinski definition) is 1. The van der Waals surface area contributed by atoms with Gasteiger partial charge in [0.1, 0.15) is 17.5 Å². The molecule has 0 fully saturated rings. The quantitative estimate of drug-likeness (QED) is 0.576. The fourth-order valence-corrected chi connectivity index (χ4v) is 3.71. The van der Waals surface area contributed by atoms with Crippen molar-refractivity contribution in [3.63, 3.8) is 0 Å². The number of nitrogens with zero attached hydrogens (tertiary/aromatic N) is 2. The highest BCUT2D eigenvalue weighted by Gasteiger charge is 2.33. The van der Waals surface area contributed by atoms with E-state index in [4.69, 9.17) is 0 Å². The van der Waals surface area contributed by atoms with Gasteiger partial charge in [-0.3, -0.25) is 0 Å². The lowest BCUT2D eigenvalue weighted by molar-refractivity contribution is -0.141. The molecule has 0 radical (unpaired) electrons. The van der Waals surface area contributed by atoms with Crippen molar-refractivity contribution in [2.45, 2.75) is 25.1 Å². The predicted molar refractivity (Wildman–Crippen MR) is 97.0 cm³/mol. The smallest absolute Gasteiger partial charge is 0.313 e. The zero-order valence-electron chi connectivity index (χ0n) is 15.4. The van der Waals surface area contributed by atoms with Crippen LogP contribution in [0.25, 0.3) is 11.3 Å². The Morgan fingerprint density at radius 2 is 1.63 bits per heavy atom. The lowest BCUT2D eigenvalue weighted by atomic mass is 9.85. The largest absolute Gasteiger partial charge is 0.435 e. The molecular weight excluding hydrogens is 408 g/mol. The molecule has 3 aromatic rings. The molecule has 1 unspecified atom stereocenters. The molecule has 0 amide bonds. The lowest BCUT2D eigenvalue weighted by Crippen LogP contribution is -2.13. The number of fused-ring (bicyclic) bond motifs is 1. The number of hydrogen-bond acceptors (Lipinski definition) is 3. The average molecular weight is 423 g/mol. The van der Waals surface area contributed by atoms with Crippen LogP contribution in [0.2, 0.25) is 0 Å². The molecule has 2 aromatic carbocycles. The maximum atomic E-state index is 15.3. The van der Waals surface area contributed by atoms with Crippen molar-refractivity contribution in [1.82, 2.24) is 15.5 Å². The van der Waals surface area contributed by atoms with Crippen LogP contribution in [0.3, 0.4) is 0 Å².